The molecule has 1 aromatic heterocycles. The van der Waals surface area contributed by atoms with Gasteiger partial charge >= 0.3 is 0 Å². The van der Waals surface area contributed by atoms with Crippen molar-refractivity contribution in [1.82, 2.24) is 4.90 Å². The quantitative estimate of drug-likeness (QED) is 0.684. The molecule has 2 nitrogen and oxygen atoms in total. The lowest BCUT2D eigenvalue weighted by Gasteiger charge is -2.15. The van der Waals surface area contributed by atoms with E-state index in [1.807, 2.05) is 11.4 Å². The summed E-state index contributed by atoms with van der Waals surface area (Å²) in [5, 5.41) is 2.02. The van der Waals surface area contributed by atoms with Crippen LogP contribution >= 0.6 is 11.3 Å². The smallest absolute Gasteiger partial charge is 0.165 e. The second kappa shape index (κ2) is 3.60. The molecular formula is C10H13NOS. The number of hydrogen-bond acceptors (Lipinski definition) is 3. The fourth-order valence-corrected chi connectivity index (χ4v) is 2.59. The third-order valence-electron chi connectivity index (χ3n) is 2.52. The zero-order valence-corrected chi connectivity index (χ0v) is 8.56. The van der Waals surface area contributed by atoms with E-state index in [0.29, 0.717) is 12.2 Å². The molecule has 0 saturated heterocycles. The third-order valence-corrected chi connectivity index (χ3v) is 3.42. The van der Waals surface area contributed by atoms with E-state index < -0.39 is 0 Å². The third kappa shape index (κ3) is 1.67. The highest BCUT2D eigenvalue weighted by molar-refractivity contribution is 7.10. The molecule has 0 amide bonds. The molecule has 0 N–H and O–H groups in total. The van der Waals surface area contributed by atoms with Crippen molar-refractivity contribution in [2.45, 2.75) is 19.9 Å². The molecule has 2 rings (SSSR count). The summed E-state index contributed by atoms with van der Waals surface area (Å²) in [6, 6.07) is 1.96. The number of Topliss-reactive ketones (excluding diaryl/α,β-unsaturated/α-hetero) is 1. The molecule has 0 atom stereocenters. The molecule has 0 unspecified atom stereocenters. The zero-order valence-electron chi connectivity index (χ0n) is 7.75. The Bertz CT molecular complexity index is 318. The molecule has 0 bridgehead atoms. The molecule has 0 aromatic carbocycles. The maximum absolute atomic E-state index is 11.6. The number of fused-ring (bicyclic) bond motifs is 1. The number of rotatable bonds is 1. The Labute approximate surface area is 82.2 Å². The molecule has 1 aliphatic heterocycles. The lowest BCUT2D eigenvalue weighted by Crippen LogP contribution is -2.22. The van der Waals surface area contributed by atoms with Crippen molar-refractivity contribution in [3.63, 3.8) is 0 Å². The highest BCUT2D eigenvalue weighted by atomic mass is 32.1. The summed E-state index contributed by atoms with van der Waals surface area (Å²) in [6.45, 7) is 5.04. The molecular weight excluding hydrogens is 182 g/mol. The molecule has 3 heteroatoms. The Kier molecular flexibility index (Phi) is 2.47. The van der Waals surface area contributed by atoms with Gasteiger partial charge in [-0.1, -0.05) is 6.92 Å². The number of ketones is 1. The van der Waals surface area contributed by atoms with Crippen LogP contribution in [0.3, 0.4) is 0 Å². The van der Waals surface area contributed by atoms with Gasteiger partial charge in [-0.05, 0) is 18.0 Å². The van der Waals surface area contributed by atoms with Crippen LogP contribution in [0.15, 0.2) is 11.4 Å². The minimum atomic E-state index is 0.312. The van der Waals surface area contributed by atoms with E-state index in [2.05, 4.69) is 11.8 Å². The fourth-order valence-electron chi connectivity index (χ4n) is 1.66. The van der Waals surface area contributed by atoms with Crippen LogP contribution < -0.4 is 0 Å². The average Bonchev–Trinajstić information content (AvgIpc) is 2.54. The van der Waals surface area contributed by atoms with Crippen molar-refractivity contribution in [3.8, 4) is 0 Å². The number of nitrogens with zero attached hydrogens (tertiary/aromatic N) is 1. The number of carbonyl (C=O) groups excluding carboxylic acids is 1. The summed E-state index contributed by atoms with van der Waals surface area (Å²) in [4.78, 5) is 15.2. The van der Waals surface area contributed by atoms with Crippen LogP contribution in [0.2, 0.25) is 0 Å². The van der Waals surface area contributed by atoms with Gasteiger partial charge in [0, 0.05) is 30.0 Å². The molecule has 70 valence electrons. The summed E-state index contributed by atoms with van der Waals surface area (Å²) in [7, 11) is 0. The van der Waals surface area contributed by atoms with Crippen LogP contribution in [-0.2, 0) is 6.54 Å². The largest absolute Gasteiger partial charge is 0.298 e. The maximum Gasteiger partial charge on any atom is 0.165 e. The highest BCUT2D eigenvalue weighted by Crippen LogP contribution is 2.23. The number of carbonyl (C=O) groups is 1. The van der Waals surface area contributed by atoms with Crippen molar-refractivity contribution >= 4 is 17.1 Å². The lowest BCUT2D eigenvalue weighted by molar-refractivity contribution is 0.0974. The van der Waals surface area contributed by atoms with Crippen molar-refractivity contribution in [3.05, 3.63) is 21.9 Å². The molecule has 2 heterocycles. The number of hydrogen-bond donors (Lipinski definition) is 0. The van der Waals surface area contributed by atoms with Crippen LogP contribution in [0.1, 0.15) is 28.6 Å². The molecule has 0 fully saturated rings. The first-order valence-electron chi connectivity index (χ1n) is 4.63. The first-order chi connectivity index (χ1) is 6.31. The van der Waals surface area contributed by atoms with Crippen LogP contribution in [0.5, 0.6) is 0 Å². The van der Waals surface area contributed by atoms with Crippen LogP contribution in [0.4, 0.5) is 0 Å². The van der Waals surface area contributed by atoms with Crippen LogP contribution in [0, 0.1) is 0 Å². The second-order valence-electron chi connectivity index (χ2n) is 3.30. The molecule has 1 aliphatic rings. The van der Waals surface area contributed by atoms with E-state index in [0.717, 1.165) is 25.2 Å². The van der Waals surface area contributed by atoms with Crippen LogP contribution in [-0.4, -0.2) is 23.8 Å². The van der Waals surface area contributed by atoms with Crippen molar-refractivity contribution in [2.24, 2.45) is 0 Å². The Morgan fingerprint density at radius 2 is 2.46 bits per heavy atom. The highest BCUT2D eigenvalue weighted by Gasteiger charge is 2.19. The monoisotopic (exact) mass is 195 g/mol. The first-order valence-corrected chi connectivity index (χ1v) is 5.51. The van der Waals surface area contributed by atoms with E-state index in [-0.39, 0.29) is 0 Å². The lowest BCUT2D eigenvalue weighted by atomic mass is 10.1. The van der Waals surface area contributed by atoms with Gasteiger partial charge in [0.05, 0.1) is 0 Å². The van der Waals surface area contributed by atoms with E-state index >= 15 is 0 Å². The predicted octanol–water partition coefficient (Wildman–Crippen LogP) is 2.16. The Morgan fingerprint density at radius 1 is 1.62 bits per heavy atom. The SMILES string of the molecule is CCN1CCC(=O)c2ccsc2C1. The molecule has 13 heavy (non-hydrogen) atoms. The summed E-state index contributed by atoms with van der Waals surface area (Å²) in [5.41, 5.74) is 0.959. The normalized spacial score (nSPS) is 18.4. The fraction of sp³-hybridized carbons (Fsp3) is 0.500. The minimum absolute atomic E-state index is 0.312. The van der Waals surface area contributed by atoms with Gasteiger partial charge in [0.1, 0.15) is 0 Å². The van der Waals surface area contributed by atoms with Crippen LogP contribution in [0.25, 0.3) is 0 Å². The van der Waals surface area contributed by atoms with Gasteiger partial charge in [0.15, 0.2) is 5.78 Å². The first kappa shape index (κ1) is 8.91. The molecule has 1 aromatic rings. The molecule has 0 spiro atoms. The van der Waals surface area contributed by atoms with Gasteiger partial charge in [-0.25, -0.2) is 0 Å². The van der Waals surface area contributed by atoms with Gasteiger partial charge in [0.2, 0.25) is 0 Å². The van der Waals surface area contributed by atoms with Gasteiger partial charge < -0.3 is 0 Å². The van der Waals surface area contributed by atoms with Crippen molar-refractivity contribution in [2.75, 3.05) is 13.1 Å². The van der Waals surface area contributed by atoms with E-state index in [1.165, 1.54) is 4.88 Å². The number of thiophene rings is 1. The summed E-state index contributed by atoms with van der Waals surface area (Å²) >= 11 is 1.70. The molecule has 0 saturated carbocycles. The summed E-state index contributed by atoms with van der Waals surface area (Å²) < 4.78 is 0. The van der Waals surface area contributed by atoms with Gasteiger partial charge in [-0.2, -0.15) is 0 Å². The van der Waals surface area contributed by atoms with E-state index in [1.54, 1.807) is 11.3 Å². The Balaban J connectivity index is 2.30. The summed E-state index contributed by atoms with van der Waals surface area (Å²) in [5.74, 6) is 0.312. The Hall–Kier alpha value is -0.670. The van der Waals surface area contributed by atoms with Crippen molar-refractivity contribution in [1.29, 1.82) is 0 Å². The van der Waals surface area contributed by atoms with Gasteiger partial charge in [-0.3, -0.25) is 9.69 Å². The zero-order chi connectivity index (χ0) is 9.26. The Morgan fingerprint density at radius 3 is 3.23 bits per heavy atom. The molecule has 0 radical (unpaired) electrons. The van der Waals surface area contributed by atoms with Gasteiger partial charge in [0.25, 0.3) is 0 Å². The predicted molar refractivity (Wildman–Crippen MR) is 54.2 cm³/mol. The van der Waals surface area contributed by atoms with Crippen molar-refractivity contribution < 1.29 is 4.79 Å². The summed E-state index contributed by atoms with van der Waals surface area (Å²) in [6.07, 6.45) is 0.678. The molecule has 0 aliphatic carbocycles. The second-order valence-corrected chi connectivity index (χ2v) is 4.30. The van der Waals surface area contributed by atoms with E-state index in [9.17, 15) is 4.79 Å². The van der Waals surface area contributed by atoms with Gasteiger partial charge in [-0.15, -0.1) is 11.3 Å². The average molecular weight is 195 g/mol. The maximum atomic E-state index is 11.6. The van der Waals surface area contributed by atoms with E-state index in [4.69, 9.17) is 0 Å². The standard InChI is InChI=1S/C10H13NOS/c1-2-11-5-3-9(12)8-4-6-13-10(8)7-11/h4,6H,2-3,5,7H2,1H3. The minimum Gasteiger partial charge on any atom is -0.298 e. The topological polar surface area (TPSA) is 20.3 Å².